The summed E-state index contributed by atoms with van der Waals surface area (Å²) >= 11 is 7.60. The number of thioether (sulfide) groups is 1. The number of Topliss-reactive ketones (excluding diaryl/α,β-unsaturated/α-hetero) is 1. The fourth-order valence-electron chi connectivity index (χ4n) is 1.80. The van der Waals surface area contributed by atoms with E-state index >= 15 is 0 Å². The Kier molecular flexibility index (Phi) is 3.08. The van der Waals surface area contributed by atoms with Crippen LogP contribution < -0.4 is 5.32 Å². The molecule has 96 valence electrons. The highest BCUT2D eigenvalue weighted by molar-refractivity contribution is 7.98. The van der Waals surface area contributed by atoms with E-state index in [2.05, 4.69) is 5.32 Å². The van der Waals surface area contributed by atoms with Gasteiger partial charge in [0, 0.05) is 4.90 Å². The molecule has 1 aromatic heterocycles. The minimum Gasteiger partial charge on any atom is -0.468 e. The van der Waals surface area contributed by atoms with Crippen molar-refractivity contribution in [3.05, 3.63) is 46.9 Å². The molecule has 1 aliphatic rings. The molecule has 2 heterocycles. The first-order valence-electron chi connectivity index (χ1n) is 5.49. The molecule has 0 spiro atoms. The number of benzene rings is 1. The predicted molar refractivity (Wildman–Crippen MR) is 72.7 cm³/mol. The van der Waals surface area contributed by atoms with Gasteiger partial charge in [-0.2, -0.15) is 0 Å². The lowest BCUT2D eigenvalue weighted by atomic mass is 10.1. The van der Waals surface area contributed by atoms with Crippen LogP contribution in [0.2, 0.25) is 5.02 Å². The summed E-state index contributed by atoms with van der Waals surface area (Å²) in [6.07, 6.45) is 1.61. The molecule has 1 aromatic carbocycles. The zero-order valence-electron chi connectivity index (χ0n) is 9.60. The highest BCUT2D eigenvalue weighted by atomic mass is 35.5. The van der Waals surface area contributed by atoms with E-state index in [-0.39, 0.29) is 0 Å². The molecule has 1 amide bonds. The van der Waals surface area contributed by atoms with Gasteiger partial charge in [-0.1, -0.05) is 11.6 Å². The van der Waals surface area contributed by atoms with Gasteiger partial charge in [-0.15, -0.1) is 11.8 Å². The van der Waals surface area contributed by atoms with Gasteiger partial charge in [0.05, 0.1) is 28.3 Å². The quantitative estimate of drug-likeness (QED) is 0.696. The largest absolute Gasteiger partial charge is 0.468 e. The van der Waals surface area contributed by atoms with Gasteiger partial charge >= 0.3 is 0 Å². The summed E-state index contributed by atoms with van der Waals surface area (Å²) in [6.45, 7) is 0. The molecular formula is C13H8ClNO3S. The van der Waals surface area contributed by atoms with E-state index in [4.69, 9.17) is 16.0 Å². The van der Waals surface area contributed by atoms with Crippen molar-refractivity contribution in [1.29, 1.82) is 0 Å². The lowest BCUT2D eigenvalue weighted by molar-refractivity contribution is -0.112. The number of fused-ring (bicyclic) bond motifs is 1. The number of ketones is 1. The van der Waals surface area contributed by atoms with Crippen LogP contribution in [0.3, 0.4) is 0 Å². The van der Waals surface area contributed by atoms with E-state index < -0.39 is 11.7 Å². The van der Waals surface area contributed by atoms with Crippen LogP contribution in [0, 0.1) is 0 Å². The van der Waals surface area contributed by atoms with Crippen LogP contribution in [0.5, 0.6) is 0 Å². The standard InChI is InChI=1S/C13H8ClNO3S/c14-9-4-8-10(15-13(17)12(8)16)5-11(9)19-6-7-2-1-3-18-7/h1-5H,6H2,(H,15,16,17). The third-order valence-electron chi connectivity index (χ3n) is 2.72. The highest BCUT2D eigenvalue weighted by Gasteiger charge is 2.29. The maximum atomic E-state index is 11.5. The first kappa shape index (κ1) is 12.3. The molecule has 6 heteroatoms. The number of furan rings is 1. The number of halogens is 1. The Labute approximate surface area is 118 Å². The van der Waals surface area contributed by atoms with Crippen molar-refractivity contribution in [3.8, 4) is 0 Å². The van der Waals surface area contributed by atoms with Gasteiger partial charge in [-0.3, -0.25) is 9.59 Å². The number of nitrogens with one attached hydrogen (secondary N) is 1. The lowest BCUT2D eigenvalue weighted by Gasteiger charge is -2.05. The Morgan fingerprint density at radius 3 is 2.89 bits per heavy atom. The maximum absolute atomic E-state index is 11.5. The Bertz CT molecular complexity index is 667. The average Bonchev–Trinajstić information content (AvgIpc) is 2.98. The fourth-order valence-corrected chi connectivity index (χ4v) is 2.99. The summed E-state index contributed by atoms with van der Waals surface area (Å²) in [5, 5.41) is 2.98. The van der Waals surface area contributed by atoms with Crippen LogP contribution in [0.25, 0.3) is 0 Å². The number of amides is 1. The molecule has 0 unspecified atom stereocenters. The number of anilines is 1. The monoisotopic (exact) mass is 293 g/mol. The maximum Gasteiger partial charge on any atom is 0.296 e. The second-order valence-electron chi connectivity index (χ2n) is 3.98. The molecule has 0 bridgehead atoms. The van der Waals surface area contributed by atoms with Crippen molar-refractivity contribution in [2.45, 2.75) is 10.6 Å². The Morgan fingerprint density at radius 2 is 2.16 bits per heavy atom. The summed E-state index contributed by atoms with van der Waals surface area (Å²) in [6, 6.07) is 6.94. The van der Waals surface area contributed by atoms with Crippen LogP contribution in [0.1, 0.15) is 16.1 Å². The van der Waals surface area contributed by atoms with E-state index in [1.165, 1.54) is 17.8 Å². The van der Waals surface area contributed by atoms with Gasteiger partial charge in [0.2, 0.25) is 0 Å². The second-order valence-corrected chi connectivity index (χ2v) is 5.40. The third-order valence-corrected chi connectivity index (χ3v) is 4.22. The number of carbonyl (C=O) groups excluding carboxylic acids is 2. The van der Waals surface area contributed by atoms with Crippen molar-refractivity contribution in [3.63, 3.8) is 0 Å². The number of rotatable bonds is 3. The molecule has 0 saturated carbocycles. The van der Waals surface area contributed by atoms with E-state index in [1.807, 2.05) is 12.1 Å². The molecule has 4 nitrogen and oxygen atoms in total. The van der Waals surface area contributed by atoms with Crippen LogP contribution in [-0.4, -0.2) is 11.7 Å². The zero-order chi connectivity index (χ0) is 13.4. The molecule has 0 radical (unpaired) electrons. The first-order valence-corrected chi connectivity index (χ1v) is 6.86. The molecular weight excluding hydrogens is 286 g/mol. The third kappa shape index (κ3) is 2.27. The molecule has 1 aliphatic heterocycles. The van der Waals surface area contributed by atoms with Crippen molar-refractivity contribution in [2.24, 2.45) is 0 Å². The van der Waals surface area contributed by atoms with Crippen molar-refractivity contribution < 1.29 is 14.0 Å². The molecule has 3 rings (SSSR count). The van der Waals surface area contributed by atoms with Gasteiger partial charge in [0.15, 0.2) is 0 Å². The normalized spacial score (nSPS) is 13.5. The first-order chi connectivity index (χ1) is 9.15. The lowest BCUT2D eigenvalue weighted by Crippen LogP contribution is -2.12. The molecule has 2 aromatic rings. The SMILES string of the molecule is O=C1Nc2cc(SCc3ccco3)c(Cl)cc2C1=O. The van der Waals surface area contributed by atoms with Crippen molar-refractivity contribution in [1.82, 2.24) is 0 Å². The Balaban J connectivity index is 1.86. The minimum absolute atomic E-state index is 0.331. The van der Waals surface area contributed by atoms with Gasteiger partial charge in [0.25, 0.3) is 11.7 Å². The number of hydrogen-bond donors (Lipinski definition) is 1. The topological polar surface area (TPSA) is 59.3 Å². The van der Waals surface area contributed by atoms with E-state index in [0.29, 0.717) is 22.0 Å². The van der Waals surface area contributed by atoms with Gasteiger partial charge in [-0.25, -0.2) is 0 Å². The van der Waals surface area contributed by atoms with Gasteiger partial charge in [0.1, 0.15) is 5.76 Å². The van der Waals surface area contributed by atoms with Gasteiger partial charge < -0.3 is 9.73 Å². The number of hydrogen-bond acceptors (Lipinski definition) is 4. The summed E-state index contributed by atoms with van der Waals surface area (Å²) < 4.78 is 5.23. The zero-order valence-corrected chi connectivity index (χ0v) is 11.2. The van der Waals surface area contributed by atoms with E-state index in [1.54, 1.807) is 12.3 Å². The smallest absolute Gasteiger partial charge is 0.296 e. The highest BCUT2D eigenvalue weighted by Crippen LogP contribution is 2.36. The molecule has 0 saturated heterocycles. The van der Waals surface area contributed by atoms with Crippen LogP contribution >= 0.6 is 23.4 Å². The summed E-state index contributed by atoms with van der Waals surface area (Å²) in [7, 11) is 0. The van der Waals surface area contributed by atoms with Gasteiger partial charge in [-0.05, 0) is 24.3 Å². The molecule has 19 heavy (non-hydrogen) atoms. The van der Waals surface area contributed by atoms with Crippen molar-refractivity contribution >= 4 is 40.7 Å². The van der Waals surface area contributed by atoms with E-state index in [9.17, 15) is 9.59 Å². The molecule has 0 aliphatic carbocycles. The fraction of sp³-hybridized carbons (Fsp3) is 0.0769. The number of carbonyl (C=O) groups is 2. The Morgan fingerprint density at radius 1 is 1.32 bits per heavy atom. The summed E-state index contributed by atoms with van der Waals surface area (Å²) in [5.41, 5.74) is 0.846. The summed E-state index contributed by atoms with van der Waals surface area (Å²) in [5.74, 6) is 0.313. The predicted octanol–water partition coefficient (Wildman–Crippen LogP) is 3.36. The molecule has 0 atom stereocenters. The molecule has 0 fully saturated rings. The second kappa shape index (κ2) is 4.75. The summed E-state index contributed by atoms with van der Waals surface area (Å²) in [4.78, 5) is 23.6. The van der Waals surface area contributed by atoms with Crippen molar-refractivity contribution in [2.75, 3.05) is 5.32 Å². The Hall–Kier alpha value is -1.72. The average molecular weight is 294 g/mol. The van der Waals surface area contributed by atoms with Crippen LogP contribution in [0.4, 0.5) is 5.69 Å². The minimum atomic E-state index is -0.612. The van der Waals surface area contributed by atoms with Crippen LogP contribution in [-0.2, 0) is 10.5 Å². The molecule has 1 N–H and O–H groups in total. The van der Waals surface area contributed by atoms with Crippen LogP contribution in [0.15, 0.2) is 39.8 Å². The van der Waals surface area contributed by atoms with E-state index in [0.717, 1.165) is 10.7 Å².